The highest BCUT2D eigenvalue weighted by atomic mass is 19.4. The second-order valence-corrected chi connectivity index (χ2v) is 10.3. The fraction of sp³-hybridized carbons (Fsp3) is 0.258. The number of nitrogens with zero attached hydrogens (tertiary/aromatic N) is 2. The summed E-state index contributed by atoms with van der Waals surface area (Å²) < 4.78 is 110. The smallest absolute Gasteiger partial charge is 0.432 e. The summed E-state index contributed by atoms with van der Waals surface area (Å²) in [5, 5.41) is 9.57. The number of fused-ring (bicyclic) bond motifs is 1. The van der Waals surface area contributed by atoms with Gasteiger partial charge in [-0.15, -0.1) is 0 Å². The van der Waals surface area contributed by atoms with Crippen LogP contribution in [0.4, 0.5) is 35.1 Å². The molecule has 7 nitrogen and oxygen atoms in total. The van der Waals surface area contributed by atoms with Gasteiger partial charge in [0.25, 0.3) is 11.5 Å². The van der Waals surface area contributed by atoms with E-state index < -0.39 is 70.2 Å². The van der Waals surface area contributed by atoms with E-state index in [0.29, 0.717) is 10.9 Å². The van der Waals surface area contributed by atoms with Gasteiger partial charge in [0.15, 0.2) is 0 Å². The third kappa shape index (κ3) is 8.27. The van der Waals surface area contributed by atoms with Gasteiger partial charge in [-0.2, -0.15) is 26.3 Å². The van der Waals surface area contributed by atoms with Crippen molar-refractivity contribution in [1.82, 2.24) is 9.47 Å². The predicted octanol–water partition coefficient (Wildman–Crippen LogP) is 6.21. The molecule has 4 aromatic rings. The maximum absolute atomic E-state index is 14.4. The minimum Gasteiger partial charge on any atom is -0.481 e. The monoisotopic (exact) mass is 657 g/mol. The van der Waals surface area contributed by atoms with E-state index in [0.717, 1.165) is 18.2 Å². The van der Waals surface area contributed by atoms with Crippen molar-refractivity contribution in [3.8, 4) is 5.69 Å². The number of amides is 1. The van der Waals surface area contributed by atoms with Gasteiger partial charge >= 0.3 is 18.3 Å². The van der Waals surface area contributed by atoms with Gasteiger partial charge in [0.1, 0.15) is 22.9 Å². The number of nitrogens with two attached hydrogens (primary N) is 1. The summed E-state index contributed by atoms with van der Waals surface area (Å²) in [6.07, 6.45) is -11.2. The number of hydrogen-bond donors (Lipinski definition) is 2. The predicted molar refractivity (Wildman–Crippen MR) is 153 cm³/mol. The van der Waals surface area contributed by atoms with Crippen molar-refractivity contribution >= 4 is 22.6 Å². The number of benzene rings is 3. The Morgan fingerprint density at radius 3 is 1.91 bits per heavy atom. The zero-order valence-electron chi connectivity index (χ0n) is 24.3. The number of likely N-dealkylation sites (N-methyl/N-ethyl adjacent to an activating group) is 1. The van der Waals surface area contributed by atoms with Crippen LogP contribution >= 0.6 is 0 Å². The van der Waals surface area contributed by atoms with E-state index in [2.05, 4.69) is 0 Å². The summed E-state index contributed by atoms with van der Waals surface area (Å²) >= 11 is 0. The molecule has 46 heavy (non-hydrogen) atoms. The van der Waals surface area contributed by atoms with E-state index in [4.69, 9.17) is 10.8 Å². The van der Waals surface area contributed by atoms with Crippen molar-refractivity contribution in [2.24, 2.45) is 5.73 Å². The largest absolute Gasteiger partial charge is 0.481 e. The number of aliphatic carboxylic acids is 1. The van der Waals surface area contributed by atoms with Crippen LogP contribution in [0, 0.1) is 11.6 Å². The van der Waals surface area contributed by atoms with Crippen molar-refractivity contribution in [2.75, 3.05) is 20.6 Å². The van der Waals surface area contributed by atoms with Crippen LogP contribution in [0.5, 0.6) is 0 Å². The number of rotatable bonds is 8. The average molecular weight is 658 g/mol. The summed E-state index contributed by atoms with van der Waals surface area (Å²) in [6.45, 7) is -0.112. The minimum atomic E-state index is -5.27. The van der Waals surface area contributed by atoms with Crippen molar-refractivity contribution in [1.29, 1.82) is 0 Å². The fourth-order valence-corrected chi connectivity index (χ4v) is 4.77. The third-order valence-electron chi connectivity index (χ3n) is 6.75. The summed E-state index contributed by atoms with van der Waals surface area (Å²) in [5.41, 5.74) is -1.49. The molecular formula is C31H27F8N3O4. The number of pyridine rings is 1. The summed E-state index contributed by atoms with van der Waals surface area (Å²) in [5.74, 6) is -4.03. The van der Waals surface area contributed by atoms with Gasteiger partial charge in [-0.05, 0) is 61.6 Å². The number of carbonyl (C=O) groups excluding carboxylic acids is 1. The number of aryl methyl sites for hydroxylation is 1. The molecule has 1 aromatic heterocycles. The van der Waals surface area contributed by atoms with Crippen LogP contribution < -0.4 is 11.3 Å². The van der Waals surface area contributed by atoms with E-state index in [1.807, 2.05) is 0 Å². The topological polar surface area (TPSA) is 106 Å². The molecule has 3 aromatic carbocycles. The summed E-state index contributed by atoms with van der Waals surface area (Å²) in [4.78, 5) is 35.7. The third-order valence-corrected chi connectivity index (χ3v) is 6.75. The Hall–Kier alpha value is -4.79. The standard InChI is InChI=1S/C24H22F6N2O3.C7H5F2NO/c1-31(2)12-11-17-18(23(25,26)27)13-20(33)32(22(17)24(28,29)30)19-8-4-6-15-14(9-10-21(34)35)5-3-7-16(15)19;8-4-2-1-3-5(9)6(4)7(10)11/h3-8,13H,9-12H2,1-2H3,(H,34,35);1-3H,(H2,10,11). The van der Waals surface area contributed by atoms with Gasteiger partial charge in [0, 0.05) is 24.4 Å². The molecule has 0 unspecified atom stereocenters. The Bertz CT molecular complexity index is 1790. The quantitative estimate of drug-likeness (QED) is 0.219. The molecule has 0 bridgehead atoms. The number of hydrogen-bond acceptors (Lipinski definition) is 4. The van der Waals surface area contributed by atoms with Crippen molar-refractivity contribution < 1.29 is 49.8 Å². The highest BCUT2D eigenvalue weighted by Crippen LogP contribution is 2.40. The Morgan fingerprint density at radius 2 is 1.41 bits per heavy atom. The van der Waals surface area contributed by atoms with Crippen LogP contribution in [0.15, 0.2) is 65.5 Å². The second-order valence-electron chi connectivity index (χ2n) is 10.3. The SMILES string of the molecule is CN(C)CCc1c(C(F)(F)F)cc(=O)n(-c2cccc3c(CCC(=O)O)cccc23)c1C(F)(F)F.NC(=O)c1c(F)cccc1F. The number of aromatic nitrogens is 1. The van der Waals surface area contributed by atoms with E-state index in [1.54, 1.807) is 12.1 Å². The van der Waals surface area contributed by atoms with Crippen LogP contribution in [0.3, 0.4) is 0 Å². The summed E-state index contributed by atoms with van der Waals surface area (Å²) in [7, 11) is 3.03. The molecule has 3 N–H and O–H groups in total. The van der Waals surface area contributed by atoms with Gasteiger partial charge in [-0.25, -0.2) is 8.78 Å². The Kier molecular flexibility index (Phi) is 10.9. The van der Waals surface area contributed by atoms with Crippen molar-refractivity contribution in [3.63, 3.8) is 0 Å². The molecular weight excluding hydrogens is 630 g/mol. The minimum absolute atomic E-state index is 0.0816. The lowest BCUT2D eigenvalue weighted by atomic mass is 9.97. The number of primary amides is 1. The molecule has 246 valence electrons. The number of halogens is 8. The van der Waals surface area contributed by atoms with Gasteiger partial charge in [0.05, 0.1) is 11.3 Å². The van der Waals surface area contributed by atoms with E-state index in [1.165, 1.54) is 43.3 Å². The molecule has 1 amide bonds. The van der Waals surface area contributed by atoms with Gasteiger partial charge in [-0.1, -0.05) is 36.4 Å². The maximum Gasteiger partial charge on any atom is 0.432 e. The van der Waals surface area contributed by atoms with Gasteiger partial charge in [0.2, 0.25) is 0 Å². The molecule has 0 spiro atoms. The fourth-order valence-electron chi connectivity index (χ4n) is 4.77. The van der Waals surface area contributed by atoms with E-state index >= 15 is 0 Å². The average Bonchev–Trinajstić information content (AvgIpc) is 2.93. The molecule has 0 saturated carbocycles. The molecule has 4 rings (SSSR count). The molecule has 0 saturated heterocycles. The van der Waals surface area contributed by atoms with E-state index in [9.17, 15) is 49.5 Å². The van der Waals surface area contributed by atoms with Gasteiger partial charge in [-0.3, -0.25) is 19.0 Å². The molecule has 15 heteroatoms. The number of carbonyl (C=O) groups is 2. The summed E-state index contributed by atoms with van der Waals surface area (Å²) in [6, 6.07) is 12.0. The zero-order valence-corrected chi connectivity index (χ0v) is 24.3. The number of carboxylic acids is 1. The van der Waals surface area contributed by atoms with Gasteiger partial charge < -0.3 is 15.7 Å². The first-order valence-corrected chi connectivity index (χ1v) is 13.4. The lowest BCUT2D eigenvalue weighted by Crippen LogP contribution is -2.32. The van der Waals surface area contributed by atoms with Crippen LogP contribution in [-0.4, -0.2) is 47.1 Å². The second kappa shape index (κ2) is 14.1. The number of carboxylic acid groups (broad SMARTS) is 1. The van der Waals surface area contributed by atoms with Crippen molar-refractivity contribution in [3.05, 3.63) is 111 Å². The van der Waals surface area contributed by atoms with Crippen LogP contribution in [0.25, 0.3) is 16.5 Å². The molecule has 0 aliphatic heterocycles. The van der Waals surface area contributed by atoms with Crippen LogP contribution in [0.1, 0.15) is 39.2 Å². The van der Waals surface area contributed by atoms with Crippen molar-refractivity contribution in [2.45, 2.75) is 31.6 Å². The molecule has 0 fully saturated rings. The Balaban J connectivity index is 0.000000441. The first-order chi connectivity index (χ1) is 21.3. The molecule has 0 aliphatic rings. The first-order valence-electron chi connectivity index (χ1n) is 13.4. The highest BCUT2D eigenvalue weighted by molar-refractivity contribution is 5.93. The van der Waals surface area contributed by atoms with Crippen LogP contribution in [-0.2, 0) is 30.0 Å². The molecule has 0 radical (unpaired) electrons. The highest BCUT2D eigenvalue weighted by Gasteiger charge is 2.44. The van der Waals surface area contributed by atoms with Crippen LogP contribution in [0.2, 0.25) is 0 Å². The number of alkyl halides is 6. The Labute approximate surface area is 256 Å². The normalized spacial score (nSPS) is 11.8. The lowest BCUT2D eigenvalue weighted by Gasteiger charge is -2.24. The Morgan fingerprint density at radius 1 is 0.848 bits per heavy atom. The molecule has 1 heterocycles. The molecule has 0 aliphatic carbocycles. The molecule has 0 atom stereocenters. The zero-order chi connectivity index (χ0) is 34.6. The lowest BCUT2D eigenvalue weighted by molar-refractivity contribution is -0.148. The first kappa shape index (κ1) is 35.7. The maximum atomic E-state index is 14.4. The van der Waals surface area contributed by atoms with E-state index in [-0.39, 0.29) is 41.1 Å².